The van der Waals surface area contributed by atoms with Crippen molar-refractivity contribution in [3.63, 3.8) is 0 Å². The maximum atomic E-state index is 12.7. The van der Waals surface area contributed by atoms with Crippen molar-refractivity contribution < 1.29 is 13.2 Å². The highest BCUT2D eigenvalue weighted by molar-refractivity contribution is 6.70. The molecule has 0 aliphatic rings. The van der Waals surface area contributed by atoms with Gasteiger partial charge in [0.15, 0.2) is 0 Å². The number of hydrogen-bond donors (Lipinski definition) is 0. The van der Waals surface area contributed by atoms with E-state index < -0.39 is 14.4 Å². The predicted octanol–water partition coefficient (Wildman–Crippen LogP) is 4.58. The maximum absolute atomic E-state index is 12.7. The molecule has 1 rings (SSSR count). The smallest absolute Gasteiger partial charge is 0.306 e. The zero-order valence-electron chi connectivity index (χ0n) is 10.5. The number of allylic oxidation sites excluding steroid dienone is 1. The first-order chi connectivity index (χ1) is 7.88. The molecule has 0 unspecified atom stereocenters. The Morgan fingerprint density at radius 3 is 2.18 bits per heavy atom. The second-order valence-electron chi connectivity index (χ2n) is 4.88. The minimum Gasteiger partial charge on any atom is -0.544 e. The second kappa shape index (κ2) is 5.96. The molecule has 17 heavy (non-hydrogen) atoms. The maximum Gasteiger partial charge on any atom is 0.306 e. The predicted molar refractivity (Wildman–Crippen MR) is 68.4 cm³/mol. The third-order valence-electron chi connectivity index (χ3n) is 2.12. The highest BCUT2D eigenvalue weighted by Gasteiger charge is 2.20. The van der Waals surface area contributed by atoms with Crippen LogP contribution in [0.4, 0.5) is 8.78 Å². The van der Waals surface area contributed by atoms with Gasteiger partial charge in [0.25, 0.3) is 0 Å². The Bertz CT molecular complexity index is 378. The summed E-state index contributed by atoms with van der Waals surface area (Å²) in [6.07, 6.45) is -0.849. The molecular formula is C13H18F2OSi. The fourth-order valence-corrected chi connectivity index (χ4v) is 2.37. The molecule has 0 N–H and O–H groups in total. The van der Waals surface area contributed by atoms with Gasteiger partial charge in [-0.05, 0) is 31.6 Å². The SMILES string of the molecule is C[Si](C)(C)OC(CCc1ccccc1)=C(F)F. The second-order valence-corrected chi connectivity index (χ2v) is 9.31. The van der Waals surface area contributed by atoms with Gasteiger partial charge in [-0.15, -0.1) is 0 Å². The largest absolute Gasteiger partial charge is 0.544 e. The number of hydrogen-bond acceptors (Lipinski definition) is 1. The Kier molecular flexibility index (Phi) is 4.87. The van der Waals surface area contributed by atoms with Gasteiger partial charge in [0.05, 0.1) is 0 Å². The summed E-state index contributed by atoms with van der Waals surface area (Å²) in [7, 11) is -1.96. The molecule has 0 radical (unpaired) electrons. The van der Waals surface area contributed by atoms with E-state index in [2.05, 4.69) is 0 Å². The molecule has 0 bridgehead atoms. The summed E-state index contributed by atoms with van der Waals surface area (Å²) < 4.78 is 30.8. The monoisotopic (exact) mass is 256 g/mol. The van der Waals surface area contributed by atoms with Gasteiger partial charge in [0, 0.05) is 6.42 Å². The van der Waals surface area contributed by atoms with Crippen LogP contribution in [0.25, 0.3) is 0 Å². The Morgan fingerprint density at radius 2 is 1.71 bits per heavy atom. The number of halogens is 2. The van der Waals surface area contributed by atoms with Crippen molar-refractivity contribution in [1.29, 1.82) is 0 Å². The van der Waals surface area contributed by atoms with E-state index in [1.807, 2.05) is 50.0 Å². The van der Waals surface area contributed by atoms with Crippen LogP contribution in [0.1, 0.15) is 12.0 Å². The molecular weight excluding hydrogens is 238 g/mol. The third kappa shape index (κ3) is 5.63. The van der Waals surface area contributed by atoms with Crippen LogP contribution < -0.4 is 0 Å². The van der Waals surface area contributed by atoms with Crippen LogP contribution in [-0.4, -0.2) is 8.32 Å². The Labute approximate surface area is 102 Å². The molecule has 4 heteroatoms. The molecule has 0 aliphatic carbocycles. The minimum absolute atomic E-state index is 0.145. The number of aryl methyl sites for hydroxylation is 1. The quantitative estimate of drug-likeness (QED) is 0.553. The van der Waals surface area contributed by atoms with Gasteiger partial charge in [0.2, 0.25) is 8.32 Å². The van der Waals surface area contributed by atoms with Crippen LogP contribution in [0.5, 0.6) is 0 Å². The van der Waals surface area contributed by atoms with Crippen molar-refractivity contribution in [3.05, 3.63) is 47.7 Å². The van der Waals surface area contributed by atoms with Gasteiger partial charge in [0.1, 0.15) is 5.76 Å². The van der Waals surface area contributed by atoms with Crippen molar-refractivity contribution >= 4 is 8.32 Å². The molecule has 0 aliphatic heterocycles. The zero-order valence-corrected chi connectivity index (χ0v) is 11.5. The molecule has 0 spiro atoms. The minimum atomic E-state index is -1.96. The molecule has 1 aromatic carbocycles. The van der Waals surface area contributed by atoms with E-state index in [1.54, 1.807) is 0 Å². The lowest BCUT2D eigenvalue weighted by Gasteiger charge is -2.21. The molecule has 0 atom stereocenters. The van der Waals surface area contributed by atoms with Crippen LogP contribution >= 0.6 is 0 Å². The summed E-state index contributed by atoms with van der Waals surface area (Å²) in [6.45, 7) is 5.70. The topological polar surface area (TPSA) is 9.23 Å². The van der Waals surface area contributed by atoms with Gasteiger partial charge in [-0.1, -0.05) is 30.3 Å². The van der Waals surface area contributed by atoms with Gasteiger partial charge in [-0.2, -0.15) is 8.78 Å². The van der Waals surface area contributed by atoms with Crippen LogP contribution in [0.3, 0.4) is 0 Å². The van der Waals surface area contributed by atoms with Gasteiger partial charge < -0.3 is 4.43 Å². The lowest BCUT2D eigenvalue weighted by Crippen LogP contribution is -2.25. The highest BCUT2D eigenvalue weighted by Crippen LogP contribution is 2.21. The molecule has 1 aromatic rings. The van der Waals surface area contributed by atoms with Crippen molar-refractivity contribution in [3.8, 4) is 0 Å². The molecule has 0 saturated heterocycles. The van der Waals surface area contributed by atoms with Crippen LogP contribution in [0.2, 0.25) is 19.6 Å². The van der Waals surface area contributed by atoms with Gasteiger partial charge in [-0.25, -0.2) is 0 Å². The average molecular weight is 256 g/mol. The standard InChI is InChI=1S/C13H18F2OSi/c1-17(2,3)16-12(13(14)15)10-9-11-7-5-4-6-8-11/h4-8H,9-10H2,1-3H3. The Morgan fingerprint density at radius 1 is 1.12 bits per heavy atom. The summed E-state index contributed by atoms with van der Waals surface area (Å²) in [5, 5.41) is 0. The van der Waals surface area contributed by atoms with E-state index in [0.29, 0.717) is 6.42 Å². The molecule has 0 heterocycles. The van der Waals surface area contributed by atoms with E-state index >= 15 is 0 Å². The summed E-state index contributed by atoms with van der Waals surface area (Å²) in [4.78, 5) is 0. The fourth-order valence-electron chi connectivity index (χ4n) is 1.46. The van der Waals surface area contributed by atoms with Gasteiger partial charge in [-0.3, -0.25) is 0 Å². The molecule has 94 valence electrons. The van der Waals surface area contributed by atoms with Crippen molar-refractivity contribution in [2.24, 2.45) is 0 Å². The van der Waals surface area contributed by atoms with Crippen LogP contribution in [0, 0.1) is 0 Å². The van der Waals surface area contributed by atoms with Crippen LogP contribution in [0.15, 0.2) is 42.2 Å². The molecule has 1 nitrogen and oxygen atoms in total. The average Bonchev–Trinajstić information content (AvgIpc) is 2.24. The first kappa shape index (κ1) is 13.9. The van der Waals surface area contributed by atoms with Crippen molar-refractivity contribution in [1.82, 2.24) is 0 Å². The van der Waals surface area contributed by atoms with Crippen molar-refractivity contribution in [2.75, 3.05) is 0 Å². The zero-order chi connectivity index (χ0) is 12.9. The van der Waals surface area contributed by atoms with E-state index in [4.69, 9.17) is 4.43 Å². The lowest BCUT2D eigenvalue weighted by molar-refractivity contribution is 0.312. The summed E-state index contributed by atoms with van der Waals surface area (Å²) in [5.74, 6) is -0.145. The molecule has 0 saturated carbocycles. The van der Waals surface area contributed by atoms with E-state index in [1.165, 1.54) is 0 Å². The number of benzene rings is 1. The normalized spacial score (nSPS) is 11.1. The Balaban J connectivity index is 2.61. The van der Waals surface area contributed by atoms with E-state index in [-0.39, 0.29) is 12.2 Å². The van der Waals surface area contributed by atoms with E-state index in [0.717, 1.165) is 5.56 Å². The molecule has 0 amide bonds. The van der Waals surface area contributed by atoms with E-state index in [9.17, 15) is 8.78 Å². The summed E-state index contributed by atoms with van der Waals surface area (Å²) in [5.41, 5.74) is 1.05. The summed E-state index contributed by atoms with van der Waals surface area (Å²) in [6, 6.07) is 9.59. The fraction of sp³-hybridized carbons (Fsp3) is 0.385. The third-order valence-corrected chi connectivity index (χ3v) is 2.98. The lowest BCUT2D eigenvalue weighted by atomic mass is 10.1. The first-order valence-corrected chi connectivity index (χ1v) is 9.06. The first-order valence-electron chi connectivity index (χ1n) is 5.65. The molecule has 0 aromatic heterocycles. The number of rotatable bonds is 5. The summed E-state index contributed by atoms with van der Waals surface area (Å²) >= 11 is 0. The van der Waals surface area contributed by atoms with Gasteiger partial charge >= 0.3 is 6.08 Å². The Hall–Kier alpha value is -1.16. The highest BCUT2D eigenvalue weighted by atomic mass is 28.4. The molecule has 0 fully saturated rings. The van der Waals surface area contributed by atoms with Crippen LogP contribution in [-0.2, 0) is 10.8 Å². The van der Waals surface area contributed by atoms with Crippen molar-refractivity contribution in [2.45, 2.75) is 32.5 Å².